The van der Waals surface area contributed by atoms with Crippen LogP contribution in [-0.2, 0) is 0 Å². The molecule has 0 saturated carbocycles. The lowest BCUT2D eigenvalue weighted by Gasteiger charge is -2.17. The van der Waals surface area contributed by atoms with Crippen molar-refractivity contribution in [1.29, 1.82) is 0 Å². The second kappa shape index (κ2) is 5.47. The molecule has 1 aromatic heterocycles. The van der Waals surface area contributed by atoms with Crippen molar-refractivity contribution in [2.45, 2.75) is 13.8 Å². The molecule has 0 aliphatic heterocycles. The van der Waals surface area contributed by atoms with Crippen molar-refractivity contribution in [2.24, 2.45) is 0 Å². The van der Waals surface area contributed by atoms with Gasteiger partial charge in [0.25, 0.3) is 0 Å². The summed E-state index contributed by atoms with van der Waals surface area (Å²) in [5.41, 5.74) is 1.90. The highest BCUT2D eigenvalue weighted by Crippen LogP contribution is 2.23. The molecule has 1 heterocycles. The molecular weight excluding hydrogens is 264 g/mol. The van der Waals surface area contributed by atoms with Gasteiger partial charge in [-0.2, -0.15) is 0 Å². The van der Waals surface area contributed by atoms with E-state index < -0.39 is 10.2 Å². The Labute approximate surface area is 105 Å². The first kappa shape index (κ1) is 14.6. The standard InChI is InChI=1S/C11H10O2.ClHO4/c1-7-5-8(2)13-11-6-9(12)3-4-10(7)11;2-1(3,4)5/h3-6H,1-2H3;(H,2,3,4,5). The van der Waals surface area contributed by atoms with Crippen molar-refractivity contribution in [3.63, 3.8) is 0 Å². The summed E-state index contributed by atoms with van der Waals surface area (Å²) in [6.07, 6.45) is 0. The Bertz CT molecular complexity index is 538. The van der Waals surface area contributed by atoms with Crippen LogP contribution in [0.2, 0.25) is 0 Å². The first-order chi connectivity index (χ1) is 8.16. The fraction of sp³-hybridized carbons (Fsp3) is 0.182. The highest BCUT2D eigenvalue weighted by atomic mass is 35.7. The van der Waals surface area contributed by atoms with Crippen LogP contribution in [-0.4, -0.2) is 5.11 Å². The van der Waals surface area contributed by atoms with Gasteiger partial charge in [-0.15, -0.1) is 10.2 Å². The Morgan fingerprint density at radius 3 is 2.17 bits per heavy atom. The summed E-state index contributed by atoms with van der Waals surface area (Å²) in [6, 6.07) is 7.15. The molecule has 7 heteroatoms. The molecule has 0 fully saturated rings. The number of halogens is 1. The van der Waals surface area contributed by atoms with Crippen molar-refractivity contribution in [2.75, 3.05) is 0 Å². The lowest BCUT2D eigenvalue weighted by atomic mass is 10.1. The molecule has 1 N–H and O–H groups in total. The number of rotatable bonds is 0. The normalized spacial score (nSPS) is 11.0. The molecule has 2 aromatic rings. The maximum atomic E-state index is 9.25. The summed E-state index contributed by atoms with van der Waals surface area (Å²) in [4.78, 5) is 0. The minimum Gasteiger partial charge on any atom is -0.508 e. The molecule has 0 spiro atoms. The Balaban J connectivity index is 0.000000280. The molecule has 0 atom stereocenters. The van der Waals surface area contributed by atoms with Crippen LogP contribution < -0.4 is 18.6 Å². The molecule has 0 aliphatic carbocycles. The highest BCUT2D eigenvalue weighted by Gasteiger charge is 2.11. The maximum absolute atomic E-state index is 9.25. The second-order valence-electron chi connectivity index (χ2n) is 3.60. The number of hydrogen-bond donors (Lipinski definition) is 1. The average molecular weight is 275 g/mol. The minimum absolute atomic E-state index is 0.237. The van der Waals surface area contributed by atoms with E-state index >= 15 is 0 Å². The van der Waals surface area contributed by atoms with Gasteiger partial charge in [0.2, 0.25) is 0 Å². The topological polar surface area (TPSA) is 124 Å². The van der Waals surface area contributed by atoms with Gasteiger partial charge in [-0.3, -0.25) is 0 Å². The number of aryl methyl sites for hydroxylation is 2. The van der Waals surface area contributed by atoms with E-state index in [1.54, 1.807) is 12.1 Å². The highest BCUT2D eigenvalue weighted by molar-refractivity contribution is 5.81. The van der Waals surface area contributed by atoms with Crippen LogP contribution in [0.15, 0.2) is 28.7 Å². The number of hydrogen-bond acceptors (Lipinski definition) is 5. The van der Waals surface area contributed by atoms with Crippen LogP contribution in [0.5, 0.6) is 5.75 Å². The number of phenolic OH excluding ortho intramolecular Hbond substituents is 1. The Morgan fingerprint density at radius 2 is 1.61 bits per heavy atom. The molecule has 0 amide bonds. The zero-order valence-electron chi connectivity index (χ0n) is 9.68. The molecule has 0 bridgehead atoms. The average Bonchev–Trinajstić information content (AvgIpc) is 2.13. The van der Waals surface area contributed by atoms with Crippen LogP contribution in [0.1, 0.15) is 11.3 Å². The molecule has 6 nitrogen and oxygen atoms in total. The van der Waals surface area contributed by atoms with Gasteiger partial charge in [-0.05, 0) is 24.6 Å². The summed E-state index contributed by atoms with van der Waals surface area (Å²) in [6.45, 7) is 3.93. The fourth-order valence-corrected chi connectivity index (χ4v) is 1.51. The van der Waals surface area contributed by atoms with Gasteiger partial charge in [0.05, 0.1) is 18.4 Å². The number of benzene rings is 1. The van der Waals surface area contributed by atoms with Gasteiger partial charge in [0.15, 0.2) is 0 Å². The molecule has 1 aromatic carbocycles. The van der Waals surface area contributed by atoms with Crippen LogP contribution in [0.4, 0.5) is 0 Å². The van der Waals surface area contributed by atoms with Gasteiger partial charge in [-0.1, -0.05) is 0 Å². The lowest BCUT2D eigenvalue weighted by molar-refractivity contribution is -2.00. The summed E-state index contributed by atoms with van der Waals surface area (Å²) >= 11 is 0. The van der Waals surface area contributed by atoms with Gasteiger partial charge in [0.1, 0.15) is 5.75 Å². The molecule has 98 valence electrons. The summed E-state index contributed by atoms with van der Waals surface area (Å²) in [7, 11) is -4.94. The fourth-order valence-electron chi connectivity index (χ4n) is 1.51. The molecular formula is C11H11ClO6. The predicted molar refractivity (Wildman–Crippen MR) is 51.8 cm³/mol. The molecule has 0 aliphatic rings. The van der Waals surface area contributed by atoms with Crippen molar-refractivity contribution in [1.82, 2.24) is 0 Å². The zero-order valence-corrected chi connectivity index (χ0v) is 10.4. The zero-order chi connectivity index (χ0) is 13.9. The smallest absolute Gasteiger partial charge is 0.364 e. The van der Waals surface area contributed by atoms with E-state index in [4.69, 9.17) is 23.1 Å². The van der Waals surface area contributed by atoms with E-state index in [1.165, 1.54) is 5.56 Å². The van der Waals surface area contributed by atoms with Gasteiger partial charge >= 0.3 is 11.3 Å². The van der Waals surface area contributed by atoms with Gasteiger partial charge < -0.3 is 5.11 Å². The van der Waals surface area contributed by atoms with Crippen molar-refractivity contribution in [3.8, 4) is 5.75 Å². The van der Waals surface area contributed by atoms with E-state index in [2.05, 4.69) is 0 Å². The summed E-state index contributed by atoms with van der Waals surface area (Å²) < 4.78 is 39.4. The van der Waals surface area contributed by atoms with Gasteiger partial charge in [-0.25, -0.2) is 23.1 Å². The van der Waals surface area contributed by atoms with E-state index in [9.17, 15) is 5.11 Å². The first-order valence-electron chi connectivity index (χ1n) is 4.81. The summed E-state index contributed by atoms with van der Waals surface area (Å²) in [5, 5.41) is 10.3. The number of phenols is 1. The molecule has 2 rings (SSSR count). The molecule has 0 radical (unpaired) electrons. The van der Waals surface area contributed by atoms with E-state index in [1.807, 2.05) is 26.0 Å². The molecule has 0 unspecified atom stereocenters. The maximum Gasteiger partial charge on any atom is 0.364 e. The van der Waals surface area contributed by atoms with Crippen LogP contribution in [0.25, 0.3) is 11.0 Å². The second-order valence-corrected chi connectivity index (χ2v) is 4.35. The van der Waals surface area contributed by atoms with Crippen molar-refractivity contribution in [3.05, 3.63) is 35.6 Å². The van der Waals surface area contributed by atoms with E-state index in [-0.39, 0.29) is 5.75 Å². The Hall–Kier alpha value is -1.44. The van der Waals surface area contributed by atoms with Crippen LogP contribution >= 0.6 is 0 Å². The quantitative estimate of drug-likeness (QED) is 0.570. The molecule has 18 heavy (non-hydrogen) atoms. The lowest BCUT2D eigenvalue weighted by Crippen LogP contribution is -2.68. The van der Waals surface area contributed by atoms with Gasteiger partial charge in [0, 0.05) is 6.07 Å². The predicted octanol–water partition coefficient (Wildman–Crippen LogP) is -1.72. The third-order valence-electron chi connectivity index (χ3n) is 2.08. The Kier molecular flexibility index (Phi) is 4.44. The monoisotopic (exact) mass is 274 g/mol. The largest absolute Gasteiger partial charge is 0.508 e. The Morgan fingerprint density at radius 1 is 1.06 bits per heavy atom. The third kappa shape index (κ3) is 4.82. The van der Waals surface area contributed by atoms with E-state index in [0.717, 1.165) is 16.7 Å². The number of fused-ring (bicyclic) bond motifs is 1. The first-order valence-corrected chi connectivity index (χ1v) is 6.05. The number of aromatic hydroxyl groups is 1. The van der Waals surface area contributed by atoms with Crippen molar-refractivity contribution >= 4 is 11.0 Å². The van der Waals surface area contributed by atoms with E-state index in [0.29, 0.717) is 0 Å². The minimum atomic E-state index is -4.94. The summed E-state index contributed by atoms with van der Waals surface area (Å²) in [5.74, 6) is 1.09. The molecule has 0 saturated heterocycles. The van der Waals surface area contributed by atoms with Crippen molar-refractivity contribution < 1.29 is 38.4 Å². The SMILES string of the molecule is Cc1cc(C)c2ccc(O)cc2[o+]1.[O-][Cl+3]([O-])([O-])[O-]. The third-order valence-corrected chi connectivity index (χ3v) is 2.08. The van der Waals surface area contributed by atoms with Crippen LogP contribution in [0.3, 0.4) is 0 Å². The van der Waals surface area contributed by atoms with Crippen LogP contribution in [0, 0.1) is 24.1 Å².